The van der Waals surface area contributed by atoms with Crippen LogP contribution in [0.2, 0.25) is 0 Å². The topological polar surface area (TPSA) is 60.1 Å². The number of carbonyl (C=O) groups excluding carboxylic acids is 1. The first-order chi connectivity index (χ1) is 13.6. The Bertz CT molecular complexity index is 1060. The second-order valence-corrected chi connectivity index (χ2v) is 7.50. The highest BCUT2D eigenvalue weighted by molar-refractivity contribution is 5.87. The summed E-state index contributed by atoms with van der Waals surface area (Å²) in [5.41, 5.74) is 2.63. The van der Waals surface area contributed by atoms with E-state index in [4.69, 9.17) is 0 Å². The number of carbonyl (C=O) groups is 1. The van der Waals surface area contributed by atoms with Crippen LogP contribution >= 0.6 is 0 Å². The molecule has 0 radical (unpaired) electrons. The Morgan fingerprint density at radius 3 is 2.50 bits per heavy atom. The number of aryl methyl sites for hydroxylation is 2. The van der Waals surface area contributed by atoms with E-state index in [-0.39, 0.29) is 11.5 Å². The number of fused-ring (bicyclic) bond motifs is 1. The number of hydrogen-bond donors (Lipinski definition) is 0. The van der Waals surface area contributed by atoms with Crippen LogP contribution in [-0.2, 0) is 11.3 Å². The fraction of sp³-hybridized carbons (Fsp3) is 0.409. The highest BCUT2D eigenvalue weighted by atomic mass is 16.2. The summed E-state index contributed by atoms with van der Waals surface area (Å²) in [6.07, 6.45) is 5.34. The van der Waals surface area contributed by atoms with Crippen LogP contribution in [0.25, 0.3) is 16.5 Å². The number of benzene rings is 1. The van der Waals surface area contributed by atoms with Crippen molar-refractivity contribution in [2.75, 3.05) is 13.1 Å². The molecule has 0 atom stereocenters. The van der Waals surface area contributed by atoms with Gasteiger partial charge in [0.2, 0.25) is 5.91 Å². The molecule has 0 unspecified atom stereocenters. The van der Waals surface area contributed by atoms with Gasteiger partial charge in [0.25, 0.3) is 5.56 Å². The van der Waals surface area contributed by atoms with Gasteiger partial charge >= 0.3 is 0 Å². The van der Waals surface area contributed by atoms with E-state index in [9.17, 15) is 9.59 Å². The van der Waals surface area contributed by atoms with Crippen LogP contribution in [0.4, 0.5) is 0 Å². The van der Waals surface area contributed by atoms with E-state index in [0.717, 1.165) is 61.4 Å². The number of amides is 1. The molecule has 6 heteroatoms. The quantitative estimate of drug-likeness (QED) is 0.685. The number of hydrogen-bond acceptors (Lipinski definition) is 3. The summed E-state index contributed by atoms with van der Waals surface area (Å²) in [6, 6.07) is 9.47. The molecule has 1 aliphatic rings. The average Bonchev–Trinajstić information content (AvgIpc) is 3.32. The third-order valence-electron chi connectivity index (χ3n) is 5.77. The van der Waals surface area contributed by atoms with Crippen molar-refractivity contribution < 1.29 is 4.79 Å². The van der Waals surface area contributed by atoms with Crippen LogP contribution in [0, 0.1) is 13.8 Å². The normalized spacial score (nSPS) is 14.1. The van der Waals surface area contributed by atoms with E-state index in [1.807, 2.05) is 49.1 Å². The van der Waals surface area contributed by atoms with Gasteiger partial charge in [-0.2, -0.15) is 9.78 Å². The van der Waals surface area contributed by atoms with E-state index in [1.165, 1.54) is 4.68 Å². The second kappa shape index (κ2) is 7.62. The minimum Gasteiger partial charge on any atom is -0.348 e. The Morgan fingerprint density at radius 2 is 1.79 bits per heavy atom. The van der Waals surface area contributed by atoms with Crippen LogP contribution in [0.5, 0.6) is 0 Å². The summed E-state index contributed by atoms with van der Waals surface area (Å²) in [5.74, 6) is 0.248. The fourth-order valence-electron chi connectivity index (χ4n) is 4.21. The van der Waals surface area contributed by atoms with Gasteiger partial charge in [0, 0.05) is 42.8 Å². The lowest BCUT2D eigenvalue weighted by Gasteiger charge is -2.15. The largest absolute Gasteiger partial charge is 0.348 e. The minimum atomic E-state index is -0.101. The lowest BCUT2D eigenvalue weighted by Crippen LogP contribution is -2.27. The maximum atomic E-state index is 13.1. The van der Waals surface area contributed by atoms with Crippen molar-refractivity contribution in [3.05, 3.63) is 58.3 Å². The third kappa shape index (κ3) is 3.23. The van der Waals surface area contributed by atoms with Gasteiger partial charge in [-0.3, -0.25) is 9.59 Å². The molecule has 0 N–H and O–H groups in total. The molecule has 1 aliphatic heterocycles. The molecule has 3 aromatic rings. The van der Waals surface area contributed by atoms with Crippen LogP contribution in [0.1, 0.15) is 37.1 Å². The van der Waals surface area contributed by atoms with Crippen LogP contribution in [-0.4, -0.2) is 38.2 Å². The predicted octanol–water partition coefficient (Wildman–Crippen LogP) is 3.21. The Kier molecular flexibility index (Phi) is 5.03. The van der Waals surface area contributed by atoms with Crippen LogP contribution < -0.4 is 5.56 Å². The zero-order valence-electron chi connectivity index (χ0n) is 16.5. The van der Waals surface area contributed by atoms with Crippen molar-refractivity contribution >= 4 is 16.7 Å². The van der Waals surface area contributed by atoms with Crippen molar-refractivity contribution in [2.24, 2.45) is 0 Å². The van der Waals surface area contributed by atoms with E-state index in [1.54, 1.807) is 6.20 Å². The van der Waals surface area contributed by atoms with Crippen molar-refractivity contribution in [2.45, 2.75) is 46.1 Å². The molecule has 6 nitrogen and oxygen atoms in total. The number of likely N-dealkylation sites (tertiary alicyclic amines) is 1. The molecular weight excluding hydrogens is 352 g/mol. The first-order valence-corrected chi connectivity index (χ1v) is 9.99. The number of nitrogens with zero attached hydrogens (tertiary/aromatic N) is 4. The Labute approximate surface area is 164 Å². The van der Waals surface area contributed by atoms with Crippen molar-refractivity contribution in [3.63, 3.8) is 0 Å². The molecule has 2 aromatic heterocycles. The maximum absolute atomic E-state index is 13.1. The Morgan fingerprint density at radius 1 is 1.07 bits per heavy atom. The van der Waals surface area contributed by atoms with E-state index in [0.29, 0.717) is 11.8 Å². The van der Waals surface area contributed by atoms with Crippen molar-refractivity contribution in [3.8, 4) is 5.69 Å². The summed E-state index contributed by atoms with van der Waals surface area (Å²) in [5, 5.41) is 5.98. The molecule has 0 saturated carbocycles. The lowest BCUT2D eigenvalue weighted by atomic mass is 10.2. The number of rotatable bonds is 5. The molecule has 0 spiro atoms. The van der Waals surface area contributed by atoms with Gasteiger partial charge in [-0.1, -0.05) is 18.2 Å². The van der Waals surface area contributed by atoms with Gasteiger partial charge in [0.05, 0.1) is 17.3 Å². The van der Waals surface area contributed by atoms with Crippen LogP contribution in [0.15, 0.2) is 41.3 Å². The van der Waals surface area contributed by atoms with E-state index < -0.39 is 0 Å². The molecule has 146 valence electrons. The highest BCUT2D eigenvalue weighted by Gasteiger charge is 2.19. The van der Waals surface area contributed by atoms with Gasteiger partial charge in [-0.15, -0.1) is 0 Å². The maximum Gasteiger partial charge on any atom is 0.281 e. The monoisotopic (exact) mass is 378 g/mol. The zero-order chi connectivity index (χ0) is 19.7. The molecular formula is C22H26N4O2. The molecule has 3 heterocycles. The minimum absolute atomic E-state index is 0.101. The molecule has 1 fully saturated rings. The summed E-state index contributed by atoms with van der Waals surface area (Å²) < 4.78 is 3.61. The third-order valence-corrected chi connectivity index (χ3v) is 5.77. The first-order valence-electron chi connectivity index (χ1n) is 9.99. The molecule has 0 aliphatic carbocycles. The van der Waals surface area contributed by atoms with Gasteiger partial charge in [0.1, 0.15) is 0 Å². The summed E-state index contributed by atoms with van der Waals surface area (Å²) >= 11 is 0. The molecule has 28 heavy (non-hydrogen) atoms. The van der Waals surface area contributed by atoms with Gasteiger partial charge in [0.15, 0.2) is 0 Å². The smallest absolute Gasteiger partial charge is 0.281 e. The highest BCUT2D eigenvalue weighted by Crippen LogP contribution is 2.23. The number of para-hydroxylation sites is 1. The van der Waals surface area contributed by atoms with Crippen molar-refractivity contribution in [1.82, 2.24) is 19.2 Å². The van der Waals surface area contributed by atoms with E-state index >= 15 is 0 Å². The van der Waals surface area contributed by atoms with E-state index in [2.05, 4.69) is 9.67 Å². The molecule has 4 rings (SSSR count). The molecule has 1 aromatic carbocycles. The standard InChI is InChI=1S/C22H26N4O2/c1-16-19-15-23-26(18-9-4-3-5-10-18)22(28)21(19)17(2)25(16)14-8-11-20(27)24-12-6-7-13-24/h3-5,9-10,15H,6-8,11-14H2,1-2H3. The summed E-state index contributed by atoms with van der Waals surface area (Å²) in [6.45, 7) is 6.53. The molecule has 0 bridgehead atoms. The summed E-state index contributed by atoms with van der Waals surface area (Å²) in [7, 11) is 0. The van der Waals surface area contributed by atoms with Crippen molar-refractivity contribution in [1.29, 1.82) is 0 Å². The predicted molar refractivity (Wildman–Crippen MR) is 110 cm³/mol. The van der Waals surface area contributed by atoms with Gasteiger partial charge in [-0.25, -0.2) is 0 Å². The van der Waals surface area contributed by atoms with Gasteiger partial charge < -0.3 is 9.47 Å². The van der Waals surface area contributed by atoms with Gasteiger partial charge in [-0.05, 0) is 45.2 Å². The molecule has 1 saturated heterocycles. The lowest BCUT2D eigenvalue weighted by molar-refractivity contribution is -0.130. The molecule has 1 amide bonds. The van der Waals surface area contributed by atoms with Crippen LogP contribution in [0.3, 0.4) is 0 Å². The SMILES string of the molecule is Cc1c2cnn(-c3ccccc3)c(=O)c2c(C)n1CCCC(=O)N1CCCC1. The second-order valence-electron chi connectivity index (χ2n) is 7.50. The first kappa shape index (κ1) is 18.5. The number of aromatic nitrogens is 3. The average molecular weight is 378 g/mol. The summed E-state index contributed by atoms with van der Waals surface area (Å²) in [4.78, 5) is 27.4. The Hall–Kier alpha value is -2.89. The fourth-order valence-corrected chi connectivity index (χ4v) is 4.21. The zero-order valence-corrected chi connectivity index (χ0v) is 16.5. The Balaban J connectivity index is 1.60.